The van der Waals surface area contributed by atoms with Crippen LogP contribution in [-0.2, 0) is 4.74 Å². The summed E-state index contributed by atoms with van der Waals surface area (Å²) in [5.74, 6) is 1.14. The molecule has 0 saturated carbocycles. The molecule has 0 bridgehead atoms. The lowest BCUT2D eigenvalue weighted by molar-refractivity contribution is 0.134. The Morgan fingerprint density at radius 1 is 1.37 bits per heavy atom. The summed E-state index contributed by atoms with van der Waals surface area (Å²) in [4.78, 5) is 10.7. The van der Waals surface area contributed by atoms with Crippen LogP contribution in [0.4, 0.5) is 11.8 Å². The molecule has 2 heterocycles. The van der Waals surface area contributed by atoms with E-state index >= 15 is 0 Å². The molecule has 0 radical (unpaired) electrons. The highest BCUT2D eigenvalue weighted by atomic mass is 32.1. The van der Waals surface area contributed by atoms with Gasteiger partial charge in [-0.2, -0.15) is 4.98 Å². The number of aromatic nitrogens is 2. The molecule has 0 spiro atoms. The summed E-state index contributed by atoms with van der Waals surface area (Å²) in [6.07, 6.45) is 2.01. The molecule has 0 aliphatic carbocycles. The van der Waals surface area contributed by atoms with Crippen LogP contribution in [-0.4, -0.2) is 29.7 Å². The molecular formula is C13H20N4OS. The smallest absolute Gasteiger partial charge is 0.223 e. The van der Waals surface area contributed by atoms with E-state index in [9.17, 15) is 0 Å². The van der Waals surface area contributed by atoms with E-state index < -0.39 is 0 Å². The first-order valence-corrected chi connectivity index (χ1v) is 7.37. The van der Waals surface area contributed by atoms with E-state index in [1.165, 1.54) is 4.88 Å². The maximum atomic E-state index is 5.72. The van der Waals surface area contributed by atoms with Crippen LogP contribution in [0, 0.1) is 6.92 Å². The molecule has 0 aliphatic rings. The van der Waals surface area contributed by atoms with E-state index in [0.29, 0.717) is 5.95 Å². The average molecular weight is 280 g/mol. The number of rotatable bonds is 7. The summed E-state index contributed by atoms with van der Waals surface area (Å²) in [6, 6.07) is 2.09. The Morgan fingerprint density at radius 2 is 2.21 bits per heavy atom. The van der Waals surface area contributed by atoms with Crippen molar-refractivity contribution in [2.24, 2.45) is 0 Å². The van der Waals surface area contributed by atoms with Gasteiger partial charge in [0.2, 0.25) is 5.95 Å². The van der Waals surface area contributed by atoms with Crippen LogP contribution in [0.2, 0.25) is 0 Å². The first kappa shape index (κ1) is 14.0. The number of hydrogen-bond donors (Lipinski definition) is 2. The highest BCUT2D eigenvalue weighted by Crippen LogP contribution is 2.28. The van der Waals surface area contributed by atoms with Crippen molar-refractivity contribution in [3.63, 3.8) is 0 Å². The van der Waals surface area contributed by atoms with Crippen LogP contribution in [0.25, 0.3) is 10.2 Å². The zero-order chi connectivity index (χ0) is 13.7. The third-order valence-corrected chi connectivity index (χ3v) is 3.58. The predicted octanol–water partition coefficient (Wildman–Crippen LogP) is 2.81. The number of thiophene rings is 1. The minimum Gasteiger partial charge on any atom is -0.381 e. The monoisotopic (exact) mass is 280 g/mol. The SMILES string of the molecule is CCCOCCCNc1nc(N)nc2sc(C)cc12. The number of ether oxygens (including phenoxy) is 1. The molecule has 0 aromatic carbocycles. The largest absolute Gasteiger partial charge is 0.381 e. The number of nitrogens with zero attached hydrogens (tertiary/aromatic N) is 2. The Labute approximate surface area is 117 Å². The molecule has 19 heavy (non-hydrogen) atoms. The lowest BCUT2D eigenvalue weighted by atomic mass is 10.3. The van der Waals surface area contributed by atoms with Gasteiger partial charge in [-0.15, -0.1) is 11.3 Å². The zero-order valence-corrected chi connectivity index (χ0v) is 12.2. The van der Waals surface area contributed by atoms with Crippen LogP contribution in [0.5, 0.6) is 0 Å². The second-order valence-electron chi connectivity index (χ2n) is 4.40. The number of aryl methyl sites for hydroxylation is 1. The van der Waals surface area contributed by atoms with Gasteiger partial charge in [0.15, 0.2) is 0 Å². The van der Waals surface area contributed by atoms with Crippen molar-refractivity contribution >= 4 is 33.3 Å². The minimum absolute atomic E-state index is 0.319. The van der Waals surface area contributed by atoms with Gasteiger partial charge in [-0.1, -0.05) is 6.92 Å². The molecule has 0 aliphatic heterocycles. The summed E-state index contributed by atoms with van der Waals surface area (Å²) in [5, 5.41) is 4.36. The van der Waals surface area contributed by atoms with E-state index in [0.717, 1.165) is 48.6 Å². The van der Waals surface area contributed by atoms with E-state index in [1.807, 2.05) is 0 Å². The fraction of sp³-hybridized carbons (Fsp3) is 0.538. The maximum Gasteiger partial charge on any atom is 0.223 e. The fourth-order valence-corrected chi connectivity index (χ4v) is 2.71. The molecule has 0 amide bonds. The van der Waals surface area contributed by atoms with Gasteiger partial charge in [-0.05, 0) is 25.8 Å². The molecule has 2 aromatic heterocycles. The van der Waals surface area contributed by atoms with Crippen LogP contribution in [0.1, 0.15) is 24.6 Å². The standard InChI is InChI=1S/C13H20N4OS/c1-3-6-18-7-4-5-15-11-10-8-9(2)19-12(10)17-13(14)16-11/h8H,3-7H2,1-2H3,(H3,14,15,16,17). The first-order valence-electron chi connectivity index (χ1n) is 6.56. The van der Waals surface area contributed by atoms with Crippen LogP contribution >= 0.6 is 11.3 Å². The Bertz CT molecular complexity index is 541. The molecule has 0 unspecified atom stereocenters. The van der Waals surface area contributed by atoms with Gasteiger partial charge >= 0.3 is 0 Å². The Balaban J connectivity index is 1.96. The van der Waals surface area contributed by atoms with Crippen LogP contribution in [0.15, 0.2) is 6.07 Å². The van der Waals surface area contributed by atoms with Crippen LogP contribution < -0.4 is 11.1 Å². The van der Waals surface area contributed by atoms with Crippen molar-refractivity contribution in [1.29, 1.82) is 0 Å². The molecule has 0 atom stereocenters. The summed E-state index contributed by atoms with van der Waals surface area (Å²) < 4.78 is 5.44. The average Bonchev–Trinajstić information content (AvgIpc) is 2.73. The molecule has 2 rings (SSSR count). The third-order valence-electron chi connectivity index (χ3n) is 2.64. The summed E-state index contributed by atoms with van der Waals surface area (Å²) in [7, 11) is 0. The lowest BCUT2D eigenvalue weighted by Crippen LogP contribution is -2.08. The molecule has 2 aromatic rings. The molecule has 0 saturated heterocycles. The molecule has 0 fully saturated rings. The second kappa shape index (κ2) is 6.68. The number of nitrogens with two attached hydrogens (primary N) is 1. The summed E-state index contributed by atoms with van der Waals surface area (Å²) >= 11 is 1.63. The molecular weight excluding hydrogens is 260 g/mol. The Hall–Kier alpha value is -1.40. The molecule has 3 N–H and O–H groups in total. The van der Waals surface area contributed by atoms with E-state index in [1.54, 1.807) is 11.3 Å². The number of anilines is 2. The van der Waals surface area contributed by atoms with Gasteiger partial charge in [-0.3, -0.25) is 0 Å². The van der Waals surface area contributed by atoms with Gasteiger partial charge in [0.1, 0.15) is 10.6 Å². The topological polar surface area (TPSA) is 73.1 Å². The Morgan fingerprint density at radius 3 is 3.00 bits per heavy atom. The van der Waals surface area contributed by atoms with Gasteiger partial charge in [-0.25, -0.2) is 4.98 Å². The molecule has 104 valence electrons. The maximum absolute atomic E-state index is 5.72. The molecule has 6 heteroatoms. The van der Waals surface area contributed by atoms with Crippen molar-refractivity contribution < 1.29 is 4.74 Å². The van der Waals surface area contributed by atoms with Crippen molar-refractivity contribution in [3.8, 4) is 0 Å². The van der Waals surface area contributed by atoms with Gasteiger partial charge < -0.3 is 15.8 Å². The first-order chi connectivity index (χ1) is 9.20. The predicted molar refractivity (Wildman–Crippen MR) is 80.8 cm³/mol. The Kier molecular flexibility index (Phi) is 4.93. The lowest BCUT2D eigenvalue weighted by Gasteiger charge is -2.07. The summed E-state index contributed by atoms with van der Waals surface area (Å²) in [5.41, 5.74) is 5.72. The van der Waals surface area contributed by atoms with Crippen molar-refractivity contribution in [1.82, 2.24) is 9.97 Å². The number of nitrogens with one attached hydrogen (secondary N) is 1. The van der Waals surface area contributed by atoms with Crippen LogP contribution in [0.3, 0.4) is 0 Å². The molecule has 5 nitrogen and oxygen atoms in total. The third kappa shape index (κ3) is 3.78. The summed E-state index contributed by atoms with van der Waals surface area (Å²) in [6.45, 7) is 6.59. The van der Waals surface area contributed by atoms with E-state index in [2.05, 4.69) is 35.2 Å². The normalized spacial score (nSPS) is 11.1. The highest BCUT2D eigenvalue weighted by Gasteiger charge is 2.08. The van der Waals surface area contributed by atoms with E-state index in [-0.39, 0.29) is 0 Å². The van der Waals surface area contributed by atoms with Crippen molar-refractivity contribution in [2.75, 3.05) is 30.8 Å². The minimum atomic E-state index is 0.319. The number of fused-ring (bicyclic) bond motifs is 1. The van der Waals surface area contributed by atoms with Gasteiger partial charge in [0.25, 0.3) is 0 Å². The number of nitrogen functional groups attached to an aromatic ring is 1. The second-order valence-corrected chi connectivity index (χ2v) is 5.63. The number of hydrogen-bond acceptors (Lipinski definition) is 6. The zero-order valence-electron chi connectivity index (χ0n) is 11.4. The quantitative estimate of drug-likeness (QED) is 0.763. The highest BCUT2D eigenvalue weighted by molar-refractivity contribution is 7.18. The van der Waals surface area contributed by atoms with E-state index in [4.69, 9.17) is 10.5 Å². The fourth-order valence-electron chi connectivity index (χ4n) is 1.82. The van der Waals surface area contributed by atoms with Gasteiger partial charge in [0.05, 0.1) is 5.39 Å². The van der Waals surface area contributed by atoms with Crippen molar-refractivity contribution in [3.05, 3.63) is 10.9 Å². The van der Waals surface area contributed by atoms with Crippen molar-refractivity contribution in [2.45, 2.75) is 26.7 Å². The van der Waals surface area contributed by atoms with Gasteiger partial charge in [0, 0.05) is 24.6 Å².